The van der Waals surface area contributed by atoms with Crippen molar-refractivity contribution in [1.82, 2.24) is 14.9 Å². The van der Waals surface area contributed by atoms with Gasteiger partial charge < -0.3 is 5.43 Å². The van der Waals surface area contributed by atoms with Gasteiger partial charge in [0.1, 0.15) is 11.6 Å². The molecule has 1 aromatic heterocycles. The minimum Gasteiger partial charge on any atom is -0.308 e. The molecule has 1 aromatic rings. The maximum atomic E-state index is 5.49. The molecular weight excluding hydrogens is 246 g/mol. The van der Waals surface area contributed by atoms with E-state index in [9.17, 15) is 0 Å². The van der Waals surface area contributed by atoms with Gasteiger partial charge in [-0.15, -0.1) is 0 Å². The zero-order valence-electron chi connectivity index (χ0n) is 11.0. The Kier molecular flexibility index (Phi) is 4.79. The van der Waals surface area contributed by atoms with Gasteiger partial charge in [-0.2, -0.15) is 11.8 Å². The van der Waals surface area contributed by atoms with Crippen LogP contribution in [0.3, 0.4) is 0 Å². The topological polar surface area (TPSA) is 67.1 Å². The van der Waals surface area contributed by atoms with E-state index in [1.54, 1.807) is 0 Å². The van der Waals surface area contributed by atoms with Gasteiger partial charge in [0.2, 0.25) is 0 Å². The van der Waals surface area contributed by atoms with Crippen LogP contribution in [0.1, 0.15) is 30.9 Å². The zero-order valence-corrected chi connectivity index (χ0v) is 11.8. The molecule has 0 radical (unpaired) electrons. The predicted octanol–water partition coefficient (Wildman–Crippen LogP) is 1.43. The molecular formula is C12H21N5S. The molecule has 1 unspecified atom stereocenters. The fourth-order valence-corrected chi connectivity index (χ4v) is 3.29. The highest BCUT2D eigenvalue weighted by atomic mass is 32.2. The van der Waals surface area contributed by atoms with E-state index < -0.39 is 0 Å². The summed E-state index contributed by atoms with van der Waals surface area (Å²) in [6, 6.07) is 2.23. The SMILES string of the molecule is CCCc1cc(NN)nc(C2CSCCN2C)n1. The Balaban J connectivity index is 2.27. The Morgan fingerprint density at radius 3 is 3.06 bits per heavy atom. The fraction of sp³-hybridized carbons (Fsp3) is 0.667. The quantitative estimate of drug-likeness (QED) is 0.635. The molecule has 100 valence electrons. The smallest absolute Gasteiger partial charge is 0.148 e. The van der Waals surface area contributed by atoms with Crippen LogP contribution in [0.15, 0.2) is 6.07 Å². The number of nitrogens with two attached hydrogens (primary N) is 1. The van der Waals surface area contributed by atoms with E-state index in [2.05, 4.69) is 34.3 Å². The minimum absolute atomic E-state index is 0.299. The first-order chi connectivity index (χ1) is 8.74. The molecule has 0 aromatic carbocycles. The second kappa shape index (κ2) is 6.36. The van der Waals surface area contributed by atoms with Gasteiger partial charge in [0, 0.05) is 29.8 Å². The van der Waals surface area contributed by atoms with Crippen molar-refractivity contribution in [3.63, 3.8) is 0 Å². The van der Waals surface area contributed by atoms with E-state index in [1.807, 2.05) is 17.8 Å². The molecule has 1 aliphatic rings. The predicted molar refractivity (Wildman–Crippen MR) is 76.5 cm³/mol. The van der Waals surface area contributed by atoms with E-state index in [4.69, 9.17) is 5.84 Å². The van der Waals surface area contributed by atoms with E-state index in [-0.39, 0.29) is 0 Å². The highest BCUT2D eigenvalue weighted by Crippen LogP contribution is 2.26. The van der Waals surface area contributed by atoms with Crippen molar-refractivity contribution in [3.8, 4) is 0 Å². The van der Waals surface area contributed by atoms with Crippen LogP contribution in [0.4, 0.5) is 5.82 Å². The van der Waals surface area contributed by atoms with Gasteiger partial charge in [0.15, 0.2) is 0 Å². The van der Waals surface area contributed by atoms with Gasteiger partial charge in [0.05, 0.1) is 6.04 Å². The van der Waals surface area contributed by atoms with Crippen LogP contribution in [0.5, 0.6) is 0 Å². The summed E-state index contributed by atoms with van der Waals surface area (Å²) in [5.41, 5.74) is 3.71. The summed E-state index contributed by atoms with van der Waals surface area (Å²) in [4.78, 5) is 11.5. The molecule has 0 spiro atoms. The van der Waals surface area contributed by atoms with Crippen LogP contribution in [0.2, 0.25) is 0 Å². The lowest BCUT2D eigenvalue weighted by Gasteiger charge is -2.31. The second-order valence-electron chi connectivity index (χ2n) is 4.57. The van der Waals surface area contributed by atoms with Crippen molar-refractivity contribution >= 4 is 17.6 Å². The first-order valence-corrected chi connectivity index (χ1v) is 7.52. The molecule has 2 rings (SSSR count). The fourth-order valence-electron chi connectivity index (χ4n) is 2.08. The molecule has 1 aliphatic heterocycles. The third-order valence-electron chi connectivity index (χ3n) is 3.14. The number of hydrogen-bond donors (Lipinski definition) is 2. The normalized spacial score (nSPS) is 20.9. The molecule has 1 saturated heterocycles. The summed E-state index contributed by atoms with van der Waals surface area (Å²) in [6.45, 7) is 3.24. The molecule has 2 heterocycles. The minimum atomic E-state index is 0.299. The largest absolute Gasteiger partial charge is 0.308 e. The van der Waals surface area contributed by atoms with Crippen molar-refractivity contribution < 1.29 is 0 Å². The van der Waals surface area contributed by atoms with Gasteiger partial charge in [0.25, 0.3) is 0 Å². The Hall–Kier alpha value is -0.850. The van der Waals surface area contributed by atoms with Crippen molar-refractivity contribution in [2.24, 2.45) is 5.84 Å². The standard InChI is InChI=1S/C12H21N5S/c1-3-4-9-7-11(16-13)15-12(14-9)10-8-18-6-5-17(10)2/h7,10H,3-6,8,13H2,1-2H3,(H,14,15,16). The third-order valence-corrected chi connectivity index (χ3v) is 4.17. The van der Waals surface area contributed by atoms with Crippen molar-refractivity contribution in [1.29, 1.82) is 0 Å². The monoisotopic (exact) mass is 267 g/mol. The highest BCUT2D eigenvalue weighted by Gasteiger charge is 2.24. The lowest BCUT2D eigenvalue weighted by Crippen LogP contribution is -2.34. The van der Waals surface area contributed by atoms with E-state index in [0.717, 1.165) is 36.7 Å². The van der Waals surface area contributed by atoms with E-state index >= 15 is 0 Å². The van der Waals surface area contributed by atoms with Crippen molar-refractivity contribution in [3.05, 3.63) is 17.6 Å². The molecule has 0 saturated carbocycles. The van der Waals surface area contributed by atoms with E-state index in [0.29, 0.717) is 11.9 Å². The summed E-state index contributed by atoms with van der Waals surface area (Å²) in [5, 5.41) is 0. The van der Waals surface area contributed by atoms with Gasteiger partial charge in [-0.05, 0) is 13.5 Å². The van der Waals surface area contributed by atoms with Gasteiger partial charge in [-0.25, -0.2) is 15.8 Å². The molecule has 1 fully saturated rings. The molecule has 0 amide bonds. The summed E-state index contributed by atoms with van der Waals surface area (Å²) in [5.74, 6) is 9.33. The maximum Gasteiger partial charge on any atom is 0.148 e. The number of nitrogens with zero attached hydrogens (tertiary/aromatic N) is 3. The Morgan fingerprint density at radius 2 is 2.39 bits per heavy atom. The maximum absolute atomic E-state index is 5.49. The number of hydrazine groups is 1. The average Bonchev–Trinajstić information content (AvgIpc) is 2.39. The number of rotatable bonds is 4. The van der Waals surface area contributed by atoms with Gasteiger partial charge in [-0.1, -0.05) is 13.3 Å². The van der Waals surface area contributed by atoms with Crippen LogP contribution in [0.25, 0.3) is 0 Å². The first-order valence-electron chi connectivity index (χ1n) is 6.37. The highest BCUT2D eigenvalue weighted by molar-refractivity contribution is 7.99. The summed E-state index contributed by atoms with van der Waals surface area (Å²) < 4.78 is 0. The van der Waals surface area contributed by atoms with Crippen LogP contribution < -0.4 is 11.3 Å². The summed E-state index contributed by atoms with van der Waals surface area (Å²) in [6.07, 6.45) is 2.05. The number of thioether (sulfide) groups is 1. The van der Waals surface area contributed by atoms with Gasteiger partial charge in [-0.3, -0.25) is 4.90 Å². The molecule has 0 aliphatic carbocycles. The molecule has 5 nitrogen and oxygen atoms in total. The third kappa shape index (κ3) is 3.13. The number of aryl methyl sites for hydroxylation is 1. The van der Waals surface area contributed by atoms with Crippen LogP contribution in [0, 0.1) is 0 Å². The number of hydrogen-bond acceptors (Lipinski definition) is 6. The number of nitrogens with one attached hydrogen (secondary N) is 1. The molecule has 3 N–H and O–H groups in total. The van der Waals surface area contributed by atoms with Crippen molar-refractivity contribution in [2.75, 3.05) is 30.5 Å². The first kappa shape index (κ1) is 13.6. The van der Waals surface area contributed by atoms with Crippen molar-refractivity contribution in [2.45, 2.75) is 25.8 Å². The second-order valence-corrected chi connectivity index (χ2v) is 5.72. The molecule has 6 heteroatoms. The molecule has 0 bridgehead atoms. The number of nitrogen functional groups attached to an aromatic ring is 1. The Labute approximate surface area is 113 Å². The average molecular weight is 267 g/mol. The molecule has 18 heavy (non-hydrogen) atoms. The van der Waals surface area contributed by atoms with Gasteiger partial charge >= 0.3 is 0 Å². The van der Waals surface area contributed by atoms with E-state index in [1.165, 1.54) is 5.75 Å². The lowest BCUT2D eigenvalue weighted by atomic mass is 10.2. The Bertz CT molecular complexity index is 398. The lowest BCUT2D eigenvalue weighted by molar-refractivity contribution is 0.264. The van der Waals surface area contributed by atoms with Crippen LogP contribution >= 0.6 is 11.8 Å². The number of aromatic nitrogens is 2. The van der Waals surface area contributed by atoms with Crippen LogP contribution in [-0.4, -0.2) is 40.0 Å². The Morgan fingerprint density at radius 1 is 1.56 bits per heavy atom. The number of anilines is 1. The summed E-state index contributed by atoms with van der Waals surface area (Å²) >= 11 is 1.96. The summed E-state index contributed by atoms with van der Waals surface area (Å²) in [7, 11) is 2.13. The molecule has 1 atom stereocenters. The van der Waals surface area contributed by atoms with Crippen LogP contribution in [-0.2, 0) is 6.42 Å². The zero-order chi connectivity index (χ0) is 13.0.